The lowest BCUT2D eigenvalue weighted by molar-refractivity contribution is -0.140. The number of unbranched alkanes of at least 4 members (excludes halogenated alkanes) is 1. The van der Waals surface area contributed by atoms with E-state index >= 15 is 0 Å². The van der Waals surface area contributed by atoms with Gasteiger partial charge in [-0.1, -0.05) is 62.4 Å². The Morgan fingerprint density at radius 2 is 1.89 bits per heavy atom. The predicted octanol–water partition coefficient (Wildman–Crippen LogP) is 7.81. The Balaban J connectivity index is 1.62. The summed E-state index contributed by atoms with van der Waals surface area (Å²) in [5.74, 6) is 2.92. The highest BCUT2D eigenvalue weighted by Crippen LogP contribution is 2.42. The summed E-state index contributed by atoms with van der Waals surface area (Å²) in [5, 5.41) is 0. The summed E-state index contributed by atoms with van der Waals surface area (Å²) in [5.41, 5.74) is 2.71. The first-order valence-electron chi connectivity index (χ1n) is 14.7. The van der Waals surface area contributed by atoms with E-state index in [-0.39, 0.29) is 11.9 Å². The molecule has 1 saturated heterocycles. The van der Waals surface area contributed by atoms with Crippen molar-refractivity contribution < 1.29 is 19.1 Å². The summed E-state index contributed by atoms with van der Waals surface area (Å²) in [6, 6.07) is 8.94. The fourth-order valence-electron chi connectivity index (χ4n) is 6.81. The van der Waals surface area contributed by atoms with Crippen LogP contribution in [0.3, 0.4) is 0 Å². The van der Waals surface area contributed by atoms with Crippen LogP contribution in [0.5, 0.6) is 0 Å². The molecule has 4 nitrogen and oxygen atoms in total. The Kier molecular flexibility index (Phi) is 12.5. The van der Waals surface area contributed by atoms with E-state index in [4.69, 9.17) is 9.47 Å². The van der Waals surface area contributed by atoms with E-state index in [0.29, 0.717) is 30.0 Å². The van der Waals surface area contributed by atoms with Crippen LogP contribution in [0.4, 0.5) is 0 Å². The largest absolute Gasteiger partial charge is 0.469 e. The van der Waals surface area contributed by atoms with Gasteiger partial charge in [0.25, 0.3) is 0 Å². The van der Waals surface area contributed by atoms with Crippen LogP contribution < -0.4 is 0 Å². The molecule has 3 rings (SSSR count). The Morgan fingerprint density at radius 1 is 1.08 bits per heavy atom. The van der Waals surface area contributed by atoms with Crippen LogP contribution >= 0.6 is 0 Å². The van der Waals surface area contributed by atoms with Gasteiger partial charge in [0.2, 0.25) is 0 Å². The summed E-state index contributed by atoms with van der Waals surface area (Å²) in [4.78, 5) is 25.2. The Morgan fingerprint density at radius 3 is 2.61 bits per heavy atom. The lowest BCUT2D eigenvalue weighted by atomic mass is 9.69. The molecule has 0 bridgehead atoms. The molecule has 1 aromatic carbocycles. The van der Waals surface area contributed by atoms with Gasteiger partial charge in [-0.15, -0.1) is 0 Å². The van der Waals surface area contributed by atoms with Crippen molar-refractivity contribution in [2.75, 3.05) is 20.3 Å². The molecule has 0 aromatic heterocycles. The molecule has 1 aliphatic carbocycles. The van der Waals surface area contributed by atoms with Gasteiger partial charge < -0.3 is 9.47 Å². The zero-order chi connectivity index (χ0) is 25.8. The van der Waals surface area contributed by atoms with Crippen LogP contribution in [-0.2, 0) is 19.1 Å². The van der Waals surface area contributed by atoms with E-state index in [1.807, 2.05) is 0 Å². The molecule has 1 heterocycles. The normalized spacial score (nSPS) is 22.6. The molecule has 1 aliphatic heterocycles. The van der Waals surface area contributed by atoms with E-state index in [1.54, 1.807) is 0 Å². The minimum absolute atomic E-state index is 0.118. The molecule has 2 aliphatic rings. The lowest BCUT2D eigenvalue weighted by Crippen LogP contribution is -2.28. The maximum Gasteiger partial charge on any atom is 0.305 e. The molecule has 202 valence electrons. The van der Waals surface area contributed by atoms with Crippen molar-refractivity contribution in [2.24, 2.45) is 23.7 Å². The second-order valence-electron chi connectivity index (χ2n) is 11.6. The molecule has 0 radical (unpaired) electrons. The van der Waals surface area contributed by atoms with Gasteiger partial charge in [0.05, 0.1) is 7.11 Å². The van der Waals surface area contributed by atoms with E-state index in [2.05, 4.69) is 38.1 Å². The van der Waals surface area contributed by atoms with Gasteiger partial charge in [-0.25, -0.2) is 0 Å². The molecule has 4 atom stereocenters. The monoisotopic (exact) mass is 498 g/mol. The molecule has 4 unspecified atom stereocenters. The predicted molar refractivity (Wildman–Crippen MR) is 146 cm³/mol. The molecular weight excluding hydrogens is 448 g/mol. The summed E-state index contributed by atoms with van der Waals surface area (Å²) in [6.45, 7) is 6.20. The number of ketones is 1. The van der Waals surface area contributed by atoms with Gasteiger partial charge >= 0.3 is 5.97 Å². The number of carbonyl (C=O) groups is 2. The summed E-state index contributed by atoms with van der Waals surface area (Å²) in [6.07, 6.45) is 14.6. The molecule has 36 heavy (non-hydrogen) atoms. The van der Waals surface area contributed by atoms with Crippen molar-refractivity contribution in [3.05, 3.63) is 35.4 Å². The van der Waals surface area contributed by atoms with E-state index in [9.17, 15) is 9.59 Å². The topological polar surface area (TPSA) is 52.6 Å². The maximum atomic E-state index is 13.6. The van der Waals surface area contributed by atoms with E-state index < -0.39 is 0 Å². The Hall–Kier alpha value is -1.68. The number of Topliss-reactive ketones (excluding diaryl/α,β-unsaturated/α-hetero) is 1. The third-order valence-electron chi connectivity index (χ3n) is 8.78. The lowest BCUT2D eigenvalue weighted by Gasteiger charge is -2.35. The summed E-state index contributed by atoms with van der Waals surface area (Å²) in [7, 11) is 1.46. The number of esters is 1. The van der Waals surface area contributed by atoms with Crippen molar-refractivity contribution >= 4 is 11.8 Å². The van der Waals surface area contributed by atoms with Crippen LogP contribution in [-0.4, -0.2) is 32.1 Å². The molecule has 0 spiro atoms. The average molecular weight is 499 g/mol. The first-order valence-corrected chi connectivity index (χ1v) is 14.7. The van der Waals surface area contributed by atoms with Crippen molar-refractivity contribution in [2.45, 2.75) is 110 Å². The first kappa shape index (κ1) is 28.9. The van der Waals surface area contributed by atoms with Crippen molar-refractivity contribution in [3.8, 4) is 0 Å². The zero-order valence-electron chi connectivity index (χ0n) is 23.1. The molecule has 1 saturated carbocycles. The van der Waals surface area contributed by atoms with Crippen LogP contribution in [0.1, 0.15) is 114 Å². The van der Waals surface area contributed by atoms with Gasteiger partial charge in [0.15, 0.2) is 0 Å². The van der Waals surface area contributed by atoms with Crippen LogP contribution in [0.25, 0.3) is 0 Å². The van der Waals surface area contributed by atoms with Crippen molar-refractivity contribution in [1.82, 2.24) is 0 Å². The smallest absolute Gasteiger partial charge is 0.305 e. The molecule has 0 N–H and O–H groups in total. The highest BCUT2D eigenvalue weighted by molar-refractivity contribution is 5.81. The second-order valence-corrected chi connectivity index (χ2v) is 11.6. The standard InChI is InChI=1S/C32H50O4/c1-4-9-26(21-25-16-18-36-19-17-25)22-31(33)29-13-8-12-28(23-29)30(14-5-6-15-32(34)35-3)27-11-7-10-24(2)20-27/h7,10-11,20,25-26,28-30H,4-6,8-9,12-19,21-23H2,1-3H3. The molecule has 0 amide bonds. The number of methoxy groups -OCH3 is 1. The zero-order valence-corrected chi connectivity index (χ0v) is 23.1. The minimum atomic E-state index is -0.118. The number of benzene rings is 1. The van der Waals surface area contributed by atoms with Crippen LogP contribution in [0, 0.1) is 30.6 Å². The van der Waals surface area contributed by atoms with Gasteiger partial charge in [-0.3, -0.25) is 9.59 Å². The third kappa shape index (κ3) is 9.32. The number of carbonyl (C=O) groups excluding carboxylic acids is 2. The second kappa shape index (κ2) is 15.5. The molecule has 1 aromatic rings. The summed E-state index contributed by atoms with van der Waals surface area (Å²) < 4.78 is 10.4. The molecular formula is C32H50O4. The number of hydrogen-bond donors (Lipinski definition) is 0. The van der Waals surface area contributed by atoms with Gasteiger partial charge in [0, 0.05) is 32.0 Å². The Bertz CT molecular complexity index is 797. The molecule has 4 heteroatoms. The van der Waals surface area contributed by atoms with Gasteiger partial charge in [0.1, 0.15) is 5.78 Å². The number of rotatable bonds is 14. The maximum absolute atomic E-state index is 13.6. The fraction of sp³-hybridized carbons (Fsp3) is 0.750. The van der Waals surface area contributed by atoms with Gasteiger partial charge in [-0.05, 0) is 87.5 Å². The molecule has 2 fully saturated rings. The Labute approximate surface area is 219 Å². The first-order chi connectivity index (χ1) is 17.5. The van der Waals surface area contributed by atoms with Gasteiger partial charge in [-0.2, -0.15) is 0 Å². The third-order valence-corrected chi connectivity index (χ3v) is 8.78. The number of hydrogen-bond acceptors (Lipinski definition) is 4. The number of aryl methyl sites for hydroxylation is 1. The van der Waals surface area contributed by atoms with Crippen molar-refractivity contribution in [3.63, 3.8) is 0 Å². The quantitative estimate of drug-likeness (QED) is 0.194. The highest BCUT2D eigenvalue weighted by atomic mass is 16.5. The van der Waals surface area contributed by atoms with Crippen LogP contribution in [0.15, 0.2) is 24.3 Å². The fourth-order valence-corrected chi connectivity index (χ4v) is 6.81. The average Bonchev–Trinajstić information content (AvgIpc) is 2.89. The van der Waals surface area contributed by atoms with E-state index in [1.165, 1.54) is 37.5 Å². The van der Waals surface area contributed by atoms with Crippen LogP contribution in [0.2, 0.25) is 0 Å². The highest BCUT2D eigenvalue weighted by Gasteiger charge is 2.33. The van der Waals surface area contributed by atoms with E-state index in [0.717, 1.165) is 83.3 Å². The number of ether oxygens (including phenoxy) is 2. The minimum Gasteiger partial charge on any atom is -0.469 e. The van der Waals surface area contributed by atoms with Crippen molar-refractivity contribution in [1.29, 1.82) is 0 Å². The SMILES string of the molecule is CCCC(CC(=O)C1CCCC(C(CCCCC(=O)OC)c2cccc(C)c2)C1)CC1CCOCC1. The summed E-state index contributed by atoms with van der Waals surface area (Å²) >= 11 is 0.